The van der Waals surface area contributed by atoms with Crippen molar-refractivity contribution >= 4 is 44.9 Å². The van der Waals surface area contributed by atoms with Crippen LogP contribution in [0.5, 0.6) is 5.75 Å². The monoisotopic (exact) mass is 494 g/mol. The van der Waals surface area contributed by atoms with E-state index < -0.39 is 11.9 Å². The Morgan fingerprint density at radius 1 is 1.15 bits per heavy atom. The van der Waals surface area contributed by atoms with Crippen LogP contribution in [0, 0.1) is 20.8 Å². The third kappa shape index (κ3) is 3.60. The van der Waals surface area contributed by atoms with Crippen molar-refractivity contribution in [1.29, 1.82) is 0 Å². The van der Waals surface area contributed by atoms with Crippen LogP contribution >= 0.6 is 22.9 Å². The van der Waals surface area contributed by atoms with E-state index in [0.717, 1.165) is 21.7 Å². The molecule has 1 unspecified atom stereocenters. The molecule has 4 aromatic rings. The molecule has 0 radical (unpaired) electrons. The summed E-state index contributed by atoms with van der Waals surface area (Å²) in [6.45, 7) is 9.58. The Labute approximate surface area is 205 Å². The van der Waals surface area contributed by atoms with E-state index in [1.165, 1.54) is 11.3 Å². The first kappa shape index (κ1) is 22.6. The molecule has 0 saturated heterocycles. The van der Waals surface area contributed by atoms with Crippen molar-refractivity contribution in [3.8, 4) is 5.75 Å². The number of anilines is 1. The zero-order valence-corrected chi connectivity index (χ0v) is 21.0. The topological polar surface area (TPSA) is 72.6 Å². The molecule has 1 aliphatic heterocycles. The minimum absolute atomic E-state index is 0.0208. The molecule has 1 amide bonds. The zero-order chi connectivity index (χ0) is 24.3. The lowest BCUT2D eigenvalue weighted by molar-refractivity contribution is 0.0970. The summed E-state index contributed by atoms with van der Waals surface area (Å²) in [6, 6.07) is 10.1. The Morgan fingerprint density at radius 3 is 2.59 bits per heavy atom. The van der Waals surface area contributed by atoms with Gasteiger partial charge >= 0.3 is 0 Å². The van der Waals surface area contributed by atoms with Gasteiger partial charge in [-0.05, 0) is 70.0 Å². The van der Waals surface area contributed by atoms with Crippen molar-refractivity contribution < 1.29 is 13.9 Å². The fraction of sp³-hybridized carbons (Fsp3) is 0.269. The number of aromatic nitrogens is 1. The summed E-state index contributed by atoms with van der Waals surface area (Å²) >= 11 is 7.74. The molecule has 2 aromatic heterocycles. The molecule has 5 rings (SSSR count). The molecular formula is C26H23ClN2O4S. The van der Waals surface area contributed by atoms with Gasteiger partial charge in [0.2, 0.25) is 5.76 Å². The molecule has 1 aliphatic rings. The van der Waals surface area contributed by atoms with Crippen molar-refractivity contribution in [2.45, 2.75) is 46.8 Å². The van der Waals surface area contributed by atoms with Crippen molar-refractivity contribution in [2.24, 2.45) is 0 Å². The first-order valence-corrected chi connectivity index (χ1v) is 12.2. The quantitative estimate of drug-likeness (QED) is 0.330. The Bertz CT molecular complexity index is 1500. The maximum Gasteiger partial charge on any atom is 0.297 e. The molecule has 34 heavy (non-hydrogen) atoms. The normalized spacial score (nSPS) is 15.4. The number of rotatable bonds is 4. The molecule has 3 heterocycles. The standard InChI is InChI=1S/C26H23ClN2O4S/c1-12(2)32-17-8-6-7-16(10-17)22-21-23(30)18-11-19(27)13(3)9-20(18)33-24(21)25(31)29(22)26-28-14(4)15(5)34-26/h6-12,22H,1-5H3. The lowest BCUT2D eigenvalue weighted by Gasteiger charge is -2.23. The number of amides is 1. The second kappa shape index (κ2) is 8.25. The Balaban J connectivity index is 1.79. The molecule has 1 atom stereocenters. The van der Waals surface area contributed by atoms with Crippen LogP contribution in [0.1, 0.15) is 57.7 Å². The Morgan fingerprint density at radius 2 is 1.91 bits per heavy atom. The minimum Gasteiger partial charge on any atom is -0.491 e. The summed E-state index contributed by atoms with van der Waals surface area (Å²) in [4.78, 5) is 34.7. The van der Waals surface area contributed by atoms with Crippen LogP contribution in [0.15, 0.2) is 45.6 Å². The highest BCUT2D eigenvalue weighted by atomic mass is 35.5. The Kier molecular flexibility index (Phi) is 5.49. The number of thiazole rings is 1. The van der Waals surface area contributed by atoms with Crippen LogP contribution in [0.25, 0.3) is 11.0 Å². The van der Waals surface area contributed by atoms with Gasteiger partial charge in [0.25, 0.3) is 5.91 Å². The maximum atomic E-state index is 13.8. The van der Waals surface area contributed by atoms with Gasteiger partial charge in [0.15, 0.2) is 10.6 Å². The van der Waals surface area contributed by atoms with Crippen LogP contribution in [0.3, 0.4) is 0 Å². The molecule has 174 valence electrons. The first-order valence-electron chi connectivity index (χ1n) is 11.0. The predicted octanol–water partition coefficient (Wildman–Crippen LogP) is 6.37. The fourth-order valence-electron chi connectivity index (χ4n) is 4.19. The number of fused-ring (bicyclic) bond motifs is 2. The van der Waals surface area contributed by atoms with E-state index in [0.29, 0.717) is 26.9 Å². The number of carbonyl (C=O) groups excluding carboxylic acids is 1. The first-order chi connectivity index (χ1) is 16.2. The highest BCUT2D eigenvalue weighted by Gasteiger charge is 2.45. The van der Waals surface area contributed by atoms with Crippen LogP contribution in [0.2, 0.25) is 5.02 Å². The highest BCUT2D eigenvalue weighted by molar-refractivity contribution is 7.15. The minimum atomic E-state index is -0.705. The van der Waals surface area contributed by atoms with Crippen molar-refractivity contribution in [3.63, 3.8) is 0 Å². The Hall–Kier alpha value is -3.16. The van der Waals surface area contributed by atoms with E-state index in [1.54, 1.807) is 17.0 Å². The second-order valence-electron chi connectivity index (χ2n) is 8.73. The largest absolute Gasteiger partial charge is 0.491 e. The number of hydrogen-bond donors (Lipinski definition) is 0. The summed E-state index contributed by atoms with van der Waals surface area (Å²) in [5.41, 5.74) is 2.68. The lowest BCUT2D eigenvalue weighted by Crippen LogP contribution is -2.29. The number of carbonyl (C=O) groups is 1. The van der Waals surface area contributed by atoms with Gasteiger partial charge in [-0.2, -0.15) is 0 Å². The molecule has 0 N–H and O–H groups in total. The number of halogens is 1. The molecular weight excluding hydrogens is 472 g/mol. The molecule has 2 aromatic carbocycles. The van der Waals surface area contributed by atoms with Gasteiger partial charge in [0.05, 0.1) is 28.8 Å². The molecule has 0 spiro atoms. The third-order valence-electron chi connectivity index (χ3n) is 5.92. The van der Waals surface area contributed by atoms with Crippen LogP contribution in [-0.4, -0.2) is 17.0 Å². The van der Waals surface area contributed by atoms with Crippen LogP contribution in [-0.2, 0) is 0 Å². The smallest absolute Gasteiger partial charge is 0.297 e. The average Bonchev–Trinajstić information content (AvgIpc) is 3.25. The SMILES string of the molecule is Cc1cc2oc3c(c(=O)c2cc1Cl)C(c1cccc(OC(C)C)c1)N(c1nc(C)c(C)s1)C3=O. The van der Waals surface area contributed by atoms with E-state index in [2.05, 4.69) is 4.98 Å². The van der Waals surface area contributed by atoms with Gasteiger partial charge in [0, 0.05) is 9.90 Å². The van der Waals surface area contributed by atoms with E-state index in [1.807, 2.05) is 58.9 Å². The maximum absolute atomic E-state index is 13.8. The number of nitrogens with zero attached hydrogens (tertiary/aromatic N) is 2. The molecule has 6 nitrogen and oxygen atoms in total. The summed E-state index contributed by atoms with van der Waals surface area (Å²) < 4.78 is 12.0. The summed E-state index contributed by atoms with van der Waals surface area (Å²) in [5, 5.41) is 1.33. The van der Waals surface area contributed by atoms with E-state index in [4.69, 9.17) is 20.8 Å². The van der Waals surface area contributed by atoms with Crippen molar-refractivity contribution in [2.75, 3.05) is 4.90 Å². The number of hydrogen-bond acceptors (Lipinski definition) is 6. The van der Waals surface area contributed by atoms with E-state index in [-0.39, 0.29) is 22.9 Å². The van der Waals surface area contributed by atoms with Gasteiger partial charge in [-0.15, -0.1) is 11.3 Å². The van der Waals surface area contributed by atoms with Gasteiger partial charge in [-0.1, -0.05) is 23.7 Å². The molecule has 8 heteroatoms. The van der Waals surface area contributed by atoms with Gasteiger partial charge in [0.1, 0.15) is 11.3 Å². The van der Waals surface area contributed by atoms with Gasteiger partial charge in [-0.3, -0.25) is 14.5 Å². The van der Waals surface area contributed by atoms with Gasteiger partial charge in [-0.25, -0.2) is 4.98 Å². The highest BCUT2D eigenvalue weighted by Crippen LogP contribution is 2.43. The number of aryl methyl sites for hydroxylation is 3. The lowest BCUT2D eigenvalue weighted by atomic mass is 9.98. The molecule has 0 saturated carbocycles. The third-order valence-corrected chi connectivity index (χ3v) is 7.40. The predicted molar refractivity (Wildman–Crippen MR) is 135 cm³/mol. The molecule has 0 fully saturated rings. The van der Waals surface area contributed by atoms with Crippen LogP contribution < -0.4 is 15.1 Å². The average molecular weight is 495 g/mol. The summed E-state index contributed by atoms with van der Waals surface area (Å²) in [5.74, 6) is 0.295. The fourth-order valence-corrected chi connectivity index (χ4v) is 5.30. The number of benzene rings is 2. The van der Waals surface area contributed by atoms with Crippen LogP contribution in [0.4, 0.5) is 5.13 Å². The van der Waals surface area contributed by atoms with E-state index in [9.17, 15) is 9.59 Å². The second-order valence-corrected chi connectivity index (χ2v) is 10.3. The molecule has 0 aliphatic carbocycles. The van der Waals surface area contributed by atoms with Crippen molar-refractivity contribution in [1.82, 2.24) is 4.98 Å². The number of ether oxygens (including phenoxy) is 1. The zero-order valence-electron chi connectivity index (χ0n) is 19.4. The summed E-state index contributed by atoms with van der Waals surface area (Å²) in [7, 11) is 0. The summed E-state index contributed by atoms with van der Waals surface area (Å²) in [6.07, 6.45) is -0.0208. The van der Waals surface area contributed by atoms with E-state index >= 15 is 0 Å². The molecule has 0 bridgehead atoms. The van der Waals surface area contributed by atoms with Crippen molar-refractivity contribution in [3.05, 3.63) is 84.7 Å². The van der Waals surface area contributed by atoms with Gasteiger partial charge < -0.3 is 9.15 Å².